The second-order valence-corrected chi connectivity index (χ2v) is 5.39. The molecule has 0 atom stereocenters. The molecule has 2 aromatic rings. The predicted octanol–water partition coefficient (Wildman–Crippen LogP) is 2.41. The Bertz CT molecular complexity index is 796. The number of methoxy groups -OCH3 is 1. The summed E-state index contributed by atoms with van der Waals surface area (Å²) in [6, 6.07) is 16.3. The van der Waals surface area contributed by atoms with Gasteiger partial charge in [0.15, 0.2) is 0 Å². The summed E-state index contributed by atoms with van der Waals surface area (Å²) in [7, 11) is 1.58. The zero-order chi connectivity index (χ0) is 18.1. The molecular formula is C19H19N3O3. The number of ether oxygens (including phenoxy) is 1. The molecule has 2 N–H and O–H groups in total. The molecule has 0 aliphatic heterocycles. The standard InChI is InChI=1S/C19H19N3O3/c1-25-17-7-3-4-14(11-17)12-19(24)22-16-6-2-5-15(10-16)13-21-18(23)8-9-20/h2-7,10-11H,8,12-13H2,1H3,(H,21,23)(H,22,24). The minimum Gasteiger partial charge on any atom is -0.497 e. The van der Waals surface area contributed by atoms with Crippen LogP contribution in [-0.2, 0) is 22.6 Å². The van der Waals surface area contributed by atoms with E-state index < -0.39 is 0 Å². The molecule has 0 spiro atoms. The largest absolute Gasteiger partial charge is 0.497 e. The number of rotatable bonds is 7. The van der Waals surface area contributed by atoms with Gasteiger partial charge in [0.25, 0.3) is 0 Å². The lowest BCUT2D eigenvalue weighted by Gasteiger charge is -2.09. The minimum atomic E-state index is -0.324. The highest BCUT2D eigenvalue weighted by Gasteiger charge is 2.06. The Labute approximate surface area is 146 Å². The topological polar surface area (TPSA) is 91.2 Å². The maximum absolute atomic E-state index is 12.2. The van der Waals surface area contributed by atoms with Crippen LogP contribution in [0.5, 0.6) is 5.75 Å². The first kappa shape index (κ1) is 18.0. The van der Waals surface area contributed by atoms with Gasteiger partial charge in [-0.2, -0.15) is 5.26 Å². The summed E-state index contributed by atoms with van der Waals surface area (Å²) in [6.07, 6.45) is 0.0668. The van der Waals surface area contributed by atoms with E-state index in [1.807, 2.05) is 30.3 Å². The second kappa shape index (κ2) is 9.08. The van der Waals surface area contributed by atoms with Crippen LogP contribution in [0, 0.1) is 11.3 Å². The number of hydrogen-bond acceptors (Lipinski definition) is 4. The number of benzene rings is 2. The van der Waals surface area contributed by atoms with Gasteiger partial charge >= 0.3 is 0 Å². The van der Waals surface area contributed by atoms with Crippen molar-refractivity contribution in [3.05, 3.63) is 59.7 Å². The number of anilines is 1. The third kappa shape index (κ3) is 5.99. The first-order chi connectivity index (χ1) is 12.1. The fourth-order valence-corrected chi connectivity index (χ4v) is 2.27. The van der Waals surface area contributed by atoms with Crippen molar-refractivity contribution in [3.63, 3.8) is 0 Å². The van der Waals surface area contributed by atoms with E-state index in [9.17, 15) is 9.59 Å². The van der Waals surface area contributed by atoms with Crippen LogP contribution >= 0.6 is 0 Å². The predicted molar refractivity (Wildman–Crippen MR) is 93.8 cm³/mol. The Hall–Kier alpha value is -3.33. The maximum Gasteiger partial charge on any atom is 0.234 e. The van der Waals surface area contributed by atoms with E-state index in [1.54, 1.807) is 31.4 Å². The molecule has 2 aromatic carbocycles. The molecule has 0 saturated heterocycles. The van der Waals surface area contributed by atoms with Crippen molar-refractivity contribution in [1.82, 2.24) is 5.32 Å². The van der Waals surface area contributed by atoms with E-state index in [4.69, 9.17) is 10.00 Å². The first-order valence-corrected chi connectivity index (χ1v) is 7.76. The average Bonchev–Trinajstić information content (AvgIpc) is 2.60. The number of carbonyl (C=O) groups excluding carboxylic acids is 2. The van der Waals surface area contributed by atoms with Gasteiger partial charge in [-0.1, -0.05) is 24.3 Å². The summed E-state index contributed by atoms with van der Waals surface area (Å²) >= 11 is 0. The number of nitriles is 1. The summed E-state index contributed by atoms with van der Waals surface area (Å²) in [5, 5.41) is 13.9. The molecule has 0 aromatic heterocycles. The Morgan fingerprint density at radius 1 is 1.08 bits per heavy atom. The van der Waals surface area contributed by atoms with Crippen LogP contribution in [0.4, 0.5) is 5.69 Å². The fourth-order valence-electron chi connectivity index (χ4n) is 2.27. The Morgan fingerprint density at radius 3 is 2.60 bits per heavy atom. The molecule has 0 aliphatic carbocycles. The summed E-state index contributed by atoms with van der Waals surface area (Å²) < 4.78 is 5.15. The quantitative estimate of drug-likeness (QED) is 0.811. The lowest BCUT2D eigenvalue weighted by atomic mass is 10.1. The third-order valence-electron chi connectivity index (χ3n) is 3.44. The molecule has 0 unspecified atom stereocenters. The van der Waals surface area contributed by atoms with Crippen molar-refractivity contribution in [2.24, 2.45) is 0 Å². The normalized spacial score (nSPS) is 9.76. The van der Waals surface area contributed by atoms with Gasteiger partial charge in [0.2, 0.25) is 11.8 Å². The Balaban J connectivity index is 1.93. The molecule has 6 nitrogen and oxygen atoms in total. The summed E-state index contributed by atoms with van der Waals surface area (Å²) in [4.78, 5) is 23.5. The highest BCUT2D eigenvalue weighted by Crippen LogP contribution is 2.15. The Morgan fingerprint density at radius 2 is 1.84 bits per heavy atom. The van der Waals surface area contributed by atoms with Crippen LogP contribution < -0.4 is 15.4 Å². The van der Waals surface area contributed by atoms with Gasteiger partial charge in [-0.3, -0.25) is 9.59 Å². The number of carbonyl (C=O) groups is 2. The van der Waals surface area contributed by atoms with Crippen molar-refractivity contribution >= 4 is 17.5 Å². The number of nitrogens with one attached hydrogen (secondary N) is 2. The highest BCUT2D eigenvalue weighted by molar-refractivity contribution is 5.92. The van der Waals surface area contributed by atoms with Crippen LogP contribution in [0.25, 0.3) is 0 Å². The molecule has 0 heterocycles. The van der Waals surface area contributed by atoms with E-state index >= 15 is 0 Å². The van der Waals surface area contributed by atoms with E-state index in [0.717, 1.165) is 11.1 Å². The van der Waals surface area contributed by atoms with E-state index in [1.165, 1.54) is 0 Å². The monoisotopic (exact) mass is 337 g/mol. The summed E-state index contributed by atoms with van der Waals surface area (Å²) in [5.74, 6) is 0.245. The van der Waals surface area contributed by atoms with Crippen molar-refractivity contribution < 1.29 is 14.3 Å². The van der Waals surface area contributed by atoms with Gasteiger partial charge in [0.1, 0.15) is 12.2 Å². The minimum absolute atomic E-state index is 0.140. The molecule has 25 heavy (non-hydrogen) atoms. The van der Waals surface area contributed by atoms with Crippen LogP contribution in [0.2, 0.25) is 0 Å². The van der Waals surface area contributed by atoms with Gasteiger partial charge in [-0.05, 0) is 35.4 Å². The maximum atomic E-state index is 12.2. The molecule has 0 saturated carbocycles. The SMILES string of the molecule is COc1cccc(CC(=O)Nc2cccc(CNC(=O)CC#N)c2)c1. The van der Waals surface area contributed by atoms with Crippen molar-refractivity contribution in [3.8, 4) is 11.8 Å². The molecule has 0 radical (unpaired) electrons. The summed E-state index contributed by atoms with van der Waals surface area (Å²) in [5.41, 5.74) is 2.35. The van der Waals surface area contributed by atoms with E-state index in [-0.39, 0.29) is 24.7 Å². The number of hydrogen-bond donors (Lipinski definition) is 2. The molecule has 2 rings (SSSR count). The van der Waals surface area contributed by atoms with Crippen LogP contribution in [0.15, 0.2) is 48.5 Å². The third-order valence-corrected chi connectivity index (χ3v) is 3.44. The average molecular weight is 337 g/mol. The number of amides is 2. The molecule has 0 fully saturated rings. The molecule has 2 amide bonds. The van der Waals surface area contributed by atoms with Crippen LogP contribution in [0.3, 0.4) is 0 Å². The fraction of sp³-hybridized carbons (Fsp3) is 0.211. The van der Waals surface area contributed by atoms with Gasteiger partial charge in [0.05, 0.1) is 19.6 Å². The van der Waals surface area contributed by atoms with Crippen molar-refractivity contribution in [2.45, 2.75) is 19.4 Å². The lowest BCUT2D eigenvalue weighted by Crippen LogP contribution is -2.22. The molecule has 0 bridgehead atoms. The smallest absolute Gasteiger partial charge is 0.234 e. The van der Waals surface area contributed by atoms with Gasteiger partial charge < -0.3 is 15.4 Å². The zero-order valence-corrected chi connectivity index (χ0v) is 13.9. The van der Waals surface area contributed by atoms with Crippen molar-refractivity contribution in [1.29, 1.82) is 5.26 Å². The summed E-state index contributed by atoms with van der Waals surface area (Å²) in [6.45, 7) is 0.306. The van der Waals surface area contributed by atoms with E-state index in [0.29, 0.717) is 18.0 Å². The second-order valence-electron chi connectivity index (χ2n) is 5.39. The molecule has 6 heteroatoms. The van der Waals surface area contributed by atoms with Crippen molar-refractivity contribution in [2.75, 3.05) is 12.4 Å². The van der Waals surface area contributed by atoms with Crippen LogP contribution in [0.1, 0.15) is 17.5 Å². The molecule has 0 aliphatic rings. The van der Waals surface area contributed by atoms with Gasteiger partial charge in [-0.25, -0.2) is 0 Å². The van der Waals surface area contributed by atoms with Crippen LogP contribution in [-0.4, -0.2) is 18.9 Å². The van der Waals surface area contributed by atoms with Gasteiger partial charge in [-0.15, -0.1) is 0 Å². The highest BCUT2D eigenvalue weighted by atomic mass is 16.5. The van der Waals surface area contributed by atoms with Gasteiger partial charge in [0, 0.05) is 12.2 Å². The lowest BCUT2D eigenvalue weighted by molar-refractivity contribution is -0.120. The Kier molecular flexibility index (Phi) is 6.55. The molecule has 128 valence electrons. The first-order valence-electron chi connectivity index (χ1n) is 7.76. The molecular weight excluding hydrogens is 318 g/mol. The van der Waals surface area contributed by atoms with E-state index in [2.05, 4.69) is 10.6 Å². The zero-order valence-electron chi connectivity index (χ0n) is 13.9. The number of nitrogens with zero attached hydrogens (tertiary/aromatic N) is 1.